The van der Waals surface area contributed by atoms with E-state index >= 15 is 0 Å². The normalized spacial score (nSPS) is 15.5. The van der Waals surface area contributed by atoms with Crippen molar-refractivity contribution >= 4 is 49.0 Å². The fourth-order valence-corrected chi connectivity index (χ4v) is 5.36. The van der Waals surface area contributed by atoms with Gasteiger partial charge in [-0.1, -0.05) is 116 Å². The second-order valence-electron chi connectivity index (χ2n) is 10.1. The van der Waals surface area contributed by atoms with Gasteiger partial charge in [0.15, 0.2) is 0 Å². The van der Waals surface area contributed by atoms with E-state index in [4.69, 9.17) is 11.6 Å². The van der Waals surface area contributed by atoms with Crippen LogP contribution in [0.1, 0.15) is 56.4 Å². The monoisotopic (exact) mass is 578 g/mol. The van der Waals surface area contributed by atoms with E-state index in [1.807, 2.05) is 74.5 Å². The van der Waals surface area contributed by atoms with Crippen molar-refractivity contribution in [1.82, 2.24) is 0 Å². The number of hydrogen-bond donors (Lipinski definition) is 1. The van der Waals surface area contributed by atoms with Gasteiger partial charge >= 0.3 is 0 Å². The lowest BCUT2D eigenvalue weighted by Crippen LogP contribution is -2.26. The SMILES string of the molecule is C/C=C(/C=C1/C(=O)Nc2ccccc21)N=C(C)CC.CC(c1ccccc1)(c1ccc(P)cc1)c1ccccc1Cl. The van der Waals surface area contributed by atoms with E-state index in [0.29, 0.717) is 5.57 Å². The molecule has 1 aliphatic heterocycles. The summed E-state index contributed by atoms with van der Waals surface area (Å²) < 4.78 is 0. The first-order valence-electron chi connectivity index (χ1n) is 13.8. The predicted molar refractivity (Wildman–Crippen MR) is 179 cm³/mol. The lowest BCUT2D eigenvalue weighted by Gasteiger charge is -2.32. The van der Waals surface area contributed by atoms with Crippen LogP contribution < -0.4 is 10.6 Å². The van der Waals surface area contributed by atoms with Gasteiger partial charge in [0.05, 0.1) is 11.3 Å². The molecule has 1 N–H and O–H groups in total. The van der Waals surface area contributed by atoms with Crippen molar-refractivity contribution in [3.63, 3.8) is 0 Å². The minimum atomic E-state index is -0.280. The molecule has 0 saturated heterocycles. The first-order valence-corrected chi connectivity index (χ1v) is 14.7. The molecule has 1 aliphatic rings. The van der Waals surface area contributed by atoms with Crippen LogP contribution in [-0.4, -0.2) is 11.6 Å². The van der Waals surface area contributed by atoms with E-state index in [-0.39, 0.29) is 11.3 Å². The van der Waals surface area contributed by atoms with Gasteiger partial charge in [-0.15, -0.1) is 9.24 Å². The maximum atomic E-state index is 12.0. The Morgan fingerprint density at radius 3 is 2.17 bits per heavy atom. The summed E-state index contributed by atoms with van der Waals surface area (Å²) >= 11 is 6.54. The number of allylic oxidation sites excluding steroid dienone is 2. The summed E-state index contributed by atoms with van der Waals surface area (Å²) in [5.74, 6) is -0.0649. The molecule has 1 heterocycles. The highest BCUT2D eigenvalue weighted by Crippen LogP contribution is 2.41. The molecule has 5 heteroatoms. The van der Waals surface area contributed by atoms with E-state index in [1.54, 1.807) is 0 Å². The summed E-state index contributed by atoms with van der Waals surface area (Å²) in [6, 6.07) is 34.9. The number of nitrogens with one attached hydrogen (secondary N) is 1. The molecule has 208 valence electrons. The number of fused-ring (bicyclic) bond motifs is 1. The maximum Gasteiger partial charge on any atom is 0.256 e. The third-order valence-electron chi connectivity index (χ3n) is 7.38. The molecule has 2 atom stereocenters. The zero-order valence-corrected chi connectivity index (χ0v) is 25.9. The number of nitrogens with zero attached hydrogens (tertiary/aromatic N) is 1. The molecule has 4 aromatic carbocycles. The van der Waals surface area contributed by atoms with Crippen molar-refractivity contribution in [1.29, 1.82) is 0 Å². The fraction of sp³-hybridized carbons (Fsp3) is 0.167. The lowest BCUT2D eigenvalue weighted by molar-refractivity contribution is -0.110. The minimum absolute atomic E-state index is 0.0649. The summed E-state index contributed by atoms with van der Waals surface area (Å²) in [6.45, 7) is 8.22. The minimum Gasteiger partial charge on any atom is -0.321 e. The third-order valence-corrected chi connectivity index (χ3v) is 8.10. The summed E-state index contributed by atoms with van der Waals surface area (Å²) in [4.78, 5) is 16.5. The average Bonchev–Trinajstić information content (AvgIpc) is 3.32. The van der Waals surface area contributed by atoms with E-state index in [0.717, 1.165) is 39.7 Å². The number of anilines is 1. The van der Waals surface area contributed by atoms with Crippen LogP contribution in [0, 0.1) is 0 Å². The van der Waals surface area contributed by atoms with Gasteiger partial charge in [0.25, 0.3) is 5.91 Å². The smallest absolute Gasteiger partial charge is 0.256 e. The Bertz CT molecular complexity index is 1610. The number of hydrogen-bond acceptors (Lipinski definition) is 2. The van der Waals surface area contributed by atoms with E-state index in [9.17, 15) is 4.79 Å². The van der Waals surface area contributed by atoms with Crippen molar-refractivity contribution in [2.45, 2.75) is 39.5 Å². The number of halogens is 1. The first kappa shape index (κ1) is 30.2. The Hall–Kier alpha value is -3.78. The zero-order valence-electron chi connectivity index (χ0n) is 24.0. The highest BCUT2D eigenvalue weighted by molar-refractivity contribution is 7.27. The number of carbonyl (C=O) groups excluding carboxylic acids is 1. The maximum absolute atomic E-state index is 12.0. The van der Waals surface area contributed by atoms with Crippen molar-refractivity contribution in [3.8, 4) is 0 Å². The van der Waals surface area contributed by atoms with Crippen LogP contribution in [0.4, 0.5) is 5.69 Å². The van der Waals surface area contributed by atoms with Crippen molar-refractivity contribution in [3.05, 3.63) is 148 Å². The quantitative estimate of drug-likeness (QED) is 0.105. The topological polar surface area (TPSA) is 41.5 Å². The van der Waals surface area contributed by atoms with Crippen LogP contribution in [0.5, 0.6) is 0 Å². The Morgan fingerprint density at radius 1 is 0.902 bits per heavy atom. The molecule has 0 saturated carbocycles. The molecule has 2 unspecified atom stereocenters. The van der Waals surface area contributed by atoms with E-state index in [2.05, 4.69) is 88.0 Å². The van der Waals surface area contributed by atoms with Gasteiger partial charge < -0.3 is 5.32 Å². The van der Waals surface area contributed by atoms with E-state index in [1.165, 1.54) is 16.4 Å². The fourth-order valence-electron chi connectivity index (χ4n) is 4.84. The highest BCUT2D eigenvalue weighted by atomic mass is 35.5. The average molecular weight is 579 g/mol. The van der Waals surface area contributed by atoms with Crippen molar-refractivity contribution in [2.75, 3.05) is 5.32 Å². The van der Waals surface area contributed by atoms with Crippen molar-refractivity contribution < 1.29 is 4.79 Å². The number of aliphatic imine (C=N–C) groups is 1. The van der Waals surface area contributed by atoms with Gasteiger partial charge in [-0.2, -0.15) is 0 Å². The molecule has 5 rings (SSSR count). The van der Waals surface area contributed by atoms with Gasteiger partial charge in [0, 0.05) is 27.4 Å². The van der Waals surface area contributed by atoms with Crippen LogP contribution in [0.2, 0.25) is 5.02 Å². The first-order chi connectivity index (χ1) is 19.8. The van der Waals surface area contributed by atoms with Crippen LogP contribution in [-0.2, 0) is 10.2 Å². The molecule has 3 nitrogen and oxygen atoms in total. The molecule has 0 spiro atoms. The summed E-state index contributed by atoms with van der Waals surface area (Å²) in [5, 5.41) is 4.84. The summed E-state index contributed by atoms with van der Waals surface area (Å²) in [7, 11) is 2.73. The molecular formula is C36H36ClN2OP. The van der Waals surface area contributed by atoms with Crippen molar-refractivity contribution in [2.24, 2.45) is 4.99 Å². The molecule has 0 bridgehead atoms. The number of carbonyl (C=O) groups is 1. The molecular weight excluding hydrogens is 543 g/mol. The molecule has 0 aliphatic carbocycles. The Kier molecular flexibility index (Phi) is 10.1. The van der Waals surface area contributed by atoms with Crippen LogP contribution in [0.3, 0.4) is 0 Å². The number of amides is 1. The summed E-state index contributed by atoms with van der Waals surface area (Å²) in [5.41, 5.74) is 7.67. The third kappa shape index (κ3) is 6.93. The molecule has 41 heavy (non-hydrogen) atoms. The Morgan fingerprint density at radius 2 is 1.51 bits per heavy atom. The Balaban J connectivity index is 0.000000191. The van der Waals surface area contributed by atoms with Gasteiger partial charge in [-0.05, 0) is 67.4 Å². The second-order valence-corrected chi connectivity index (χ2v) is 11.1. The number of rotatable bonds is 6. The van der Waals surface area contributed by atoms with Gasteiger partial charge in [-0.3, -0.25) is 9.79 Å². The van der Waals surface area contributed by atoms with Crippen LogP contribution >= 0.6 is 20.8 Å². The standard InChI is InChI=1S/C20H18ClP.C16H18N2O/c1-20(15-7-3-2-4-8-15,16-11-13-17(22)14-12-16)18-9-5-6-10-19(18)21;1-4-11(3)17-12(5-2)10-14-13-8-6-7-9-15(13)18-16(14)19/h2-14H,22H2,1H3;5-10H,4H2,1-3H3,(H,18,19)/b;12-5-,14-10+,17-11?. The van der Waals surface area contributed by atoms with E-state index < -0.39 is 0 Å². The molecule has 0 radical (unpaired) electrons. The lowest BCUT2D eigenvalue weighted by atomic mass is 9.71. The van der Waals surface area contributed by atoms with Gasteiger partial charge in [-0.25, -0.2) is 0 Å². The van der Waals surface area contributed by atoms with Gasteiger partial charge in [0.2, 0.25) is 0 Å². The highest BCUT2D eigenvalue weighted by Gasteiger charge is 2.32. The molecule has 0 aromatic heterocycles. The molecule has 4 aromatic rings. The number of benzene rings is 4. The molecule has 0 fully saturated rings. The zero-order chi connectivity index (χ0) is 29.4. The molecule has 1 amide bonds. The van der Waals surface area contributed by atoms with Crippen LogP contribution in [0.25, 0.3) is 5.57 Å². The van der Waals surface area contributed by atoms with Crippen LogP contribution in [0.15, 0.2) is 126 Å². The number of para-hydroxylation sites is 1. The summed E-state index contributed by atoms with van der Waals surface area (Å²) in [6.07, 6.45) is 4.67. The second kappa shape index (κ2) is 13.7. The van der Waals surface area contributed by atoms with Gasteiger partial charge in [0.1, 0.15) is 0 Å². The Labute approximate surface area is 251 Å². The predicted octanol–water partition coefficient (Wildman–Crippen LogP) is 8.99. The largest absolute Gasteiger partial charge is 0.321 e.